The Bertz CT molecular complexity index is 947. The van der Waals surface area contributed by atoms with Gasteiger partial charge < -0.3 is 24.4 Å². The van der Waals surface area contributed by atoms with E-state index in [9.17, 15) is 18.0 Å². The molecule has 3 rings (SSSR count). The molecule has 0 aromatic heterocycles. The number of rotatable bonds is 12. The highest BCUT2D eigenvalue weighted by Gasteiger charge is 2.37. The Hall–Kier alpha value is -2.49. The molecule has 1 heterocycles. The summed E-state index contributed by atoms with van der Waals surface area (Å²) >= 11 is 0. The second-order valence-corrected chi connectivity index (χ2v) is 8.73. The van der Waals surface area contributed by atoms with Crippen LogP contribution in [0.5, 0.6) is 11.5 Å². The molecule has 2 atom stereocenters. The first-order valence-corrected chi connectivity index (χ1v) is 11.7. The van der Waals surface area contributed by atoms with Crippen LogP contribution in [-0.2, 0) is 11.2 Å². The van der Waals surface area contributed by atoms with Gasteiger partial charge in [-0.25, -0.2) is 0 Å². The Morgan fingerprint density at radius 1 is 1.03 bits per heavy atom. The highest BCUT2D eigenvalue weighted by Crippen LogP contribution is 2.30. The lowest BCUT2D eigenvalue weighted by Gasteiger charge is -2.29. The van der Waals surface area contributed by atoms with Gasteiger partial charge in [0.25, 0.3) is 5.91 Å². The van der Waals surface area contributed by atoms with E-state index in [0.29, 0.717) is 44.2 Å². The van der Waals surface area contributed by atoms with Crippen molar-refractivity contribution in [3.63, 3.8) is 0 Å². The van der Waals surface area contributed by atoms with Gasteiger partial charge >= 0.3 is 6.18 Å². The minimum absolute atomic E-state index is 0. The number of hydrogen-bond acceptors (Lipinski definition) is 5. The van der Waals surface area contributed by atoms with Gasteiger partial charge in [0, 0.05) is 32.2 Å². The Kier molecular flexibility index (Phi) is 11.8. The standard InChI is InChI=1S/C26H33F3N2O4.ClH/c1-33-11-6-12-35-24-14-20(9-10-23(24)34-2)25(32)31(18-26(27,28)29)17-22-16-30-15-21(22)13-19-7-4-3-5-8-19;/h3-5,7-10,14,21-22,30H,6,11-13,15-18H2,1-2H3;1H/t21-,22+;/m0./s1. The molecule has 0 unspecified atom stereocenters. The van der Waals surface area contributed by atoms with Crippen molar-refractivity contribution in [3.05, 3.63) is 59.7 Å². The first-order chi connectivity index (χ1) is 16.8. The van der Waals surface area contributed by atoms with E-state index < -0.39 is 18.6 Å². The number of methoxy groups -OCH3 is 2. The molecule has 1 aliphatic rings. The average molecular weight is 531 g/mol. The fourth-order valence-electron chi connectivity index (χ4n) is 4.37. The molecule has 1 saturated heterocycles. The number of nitrogens with zero attached hydrogens (tertiary/aromatic N) is 1. The van der Waals surface area contributed by atoms with Gasteiger partial charge in [0.15, 0.2) is 11.5 Å². The van der Waals surface area contributed by atoms with Crippen molar-refractivity contribution in [3.8, 4) is 11.5 Å². The zero-order valence-corrected chi connectivity index (χ0v) is 21.4. The van der Waals surface area contributed by atoms with Crippen LogP contribution in [0.3, 0.4) is 0 Å². The zero-order chi connectivity index (χ0) is 25.3. The third-order valence-electron chi connectivity index (χ3n) is 6.09. The van der Waals surface area contributed by atoms with Crippen molar-refractivity contribution in [2.75, 3.05) is 53.6 Å². The van der Waals surface area contributed by atoms with Crippen molar-refractivity contribution in [2.45, 2.75) is 19.0 Å². The van der Waals surface area contributed by atoms with Gasteiger partial charge in [-0.15, -0.1) is 12.4 Å². The number of carbonyl (C=O) groups excluding carboxylic acids is 1. The summed E-state index contributed by atoms with van der Waals surface area (Å²) in [5.41, 5.74) is 1.26. The summed E-state index contributed by atoms with van der Waals surface area (Å²) in [6.45, 7) is 0.795. The van der Waals surface area contributed by atoms with Crippen LogP contribution in [0.2, 0.25) is 0 Å². The molecular weight excluding hydrogens is 497 g/mol. The van der Waals surface area contributed by atoms with Gasteiger partial charge in [-0.2, -0.15) is 13.2 Å². The minimum Gasteiger partial charge on any atom is -0.493 e. The highest BCUT2D eigenvalue weighted by atomic mass is 35.5. The van der Waals surface area contributed by atoms with E-state index in [2.05, 4.69) is 5.32 Å². The van der Waals surface area contributed by atoms with Crippen molar-refractivity contribution in [2.24, 2.45) is 11.8 Å². The van der Waals surface area contributed by atoms with Crippen molar-refractivity contribution >= 4 is 18.3 Å². The molecule has 0 saturated carbocycles. The first kappa shape index (κ1) is 29.7. The summed E-state index contributed by atoms with van der Waals surface area (Å²) in [5.74, 6) is 0.0771. The largest absolute Gasteiger partial charge is 0.493 e. The predicted octanol–water partition coefficient (Wildman–Crippen LogP) is 4.62. The summed E-state index contributed by atoms with van der Waals surface area (Å²) in [4.78, 5) is 14.2. The third-order valence-corrected chi connectivity index (χ3v) is 6.09. The Morgan fingerprint density at radius 2 is 1.75 bits per heavy atom. The van der Waals surface area contributed by atoms with Crippen LogP contribution in [0.25, 0.3) is 0 Å². The summed E-state index contributed by atoms with van der Waals surface area (Å²) in [6, 6.07) is 14.3. The fraction of sp³-hybridized carbons (Fsp3) is 0.500. The average Bonchev–Trinajstić information content (AvgIpc) is 3.27. The molecule has 0 aliphatic carbocycles. The summed E-state index contributed by atoms with van der Waals surface area (Å²) in [6.07, 6.45) is -3.15. The van der Waals surface area contributed by atoms with E-state index >= 15 is 0 Å². The number of benzene rings is 2. The van der Waals surface area contributed by atoms with Gasteiger partial charge in [-0.05, 0) is 55.1 Å². The zero-order valence-electron chi connectivity index (χ0n) is 20.6. The van der Waals surface area contributed by atoms with Crippen LogP contribution in [0.15, 0.2) is 48.5 Å². The number of amides is 1. The van der Waals surface area contributed by atoms with E-state index in [4.69, 9.17) is 14.2 Å². The molecule has 1 N–H and O–H groups in total. The molecule has 2 aromatic rings. The van der Waals surface area contributed by atoms with E-state index in [1.54, 1.807) is 13.2 Å². The van der Waals surface area contributed by atoms with Crippen LogP contribution in [0.1, 0.15) is 22.3 Å². The molecule has 0 radical (unpaired) electrons. The lowest BCUT2D eigenvalue weighted by atomic mass is 9.89. The summed E-state index contributed by atoms with van der Waals surface area (Å²) in [7, 11) is 3.05. The topological polar surface area (TPSA) is 60.0 Å². The van der Waals surface area contributed by atoms with Crippen LogP contribution in [0, 0.1) is 11.8 Å². The molecule has 36 heavy (non-hydrogen) atoms. The number of carbonyl (C=O) groups is 1. The lowest BCUT2D eigenvalue weighted by molar-refractivity contribution is -0.141. The first-order valence-electron chi connectivity index (χ1n) is 11.7. The molecule has 1 fully saturated rings. The van der Waals surface area contributed by atoms with Gasteiger partial charge in [0.05, 0.1) is 13.7 Å². The number of halogens is 4. The quantitative estimate of drug-likeness (QED) is 0.406. The number of alkyl halides is 3. The highest BCUT2D eigenvalue weighted by molar-refractivity contribution is 5.95. The van der Waals surface area contributed by atoms with Crippen LogP contribution >= 0.6 is 12.4 Å². The second-order valence-electron chi connectivity index (χ2n) is 8.73. The van der Waals surface area contributed by atoms with Crippen molar-refractivity contribution in [1.82, 2.24) is 10.2 Å². The molecule has 6 nitrogen and oxygen atoms in total. The predicted molar refractivity (Wildman–Crippen MR) is 134 cm³/mol. The molecule has 1 amide bonds. The fourth-order valence-corrected chi connectivity index (χ4v) is 4.37. The number of ether oxygens (including phenoxy) is 3. The molecule has 0 spiro atoms. The molecule has 0 bridgehead atoms. The van der Waals surface area contributed by atoms with Crippen molar-refractivity contribution < 1.29 is 32.2 Å². The molecule has 10 heteroatoms. The Labute approximate surface area is 216 Å². The monoisotopic (exact) mass is 530 g/mol. The Morgan fingerprint density at radius 3 is 2.42 bits per heavy atom. The maximum absolute atomic E-state index is 13.5. The van der Waals surface area contributed by atoms with Crippen LogP contribution in [0.4, 0.5) is 13.2 Å². The van der Waals surface area contributed by atoms with Crippen LogP contribution in [-0.4, -0.2) is 70.6 Å². The lowest BCUT2D eigenvalue weighted by Crippen LogP contribution is -2.43. The SMILES string of the molecule is COCCCOc1cc(C(=O)N(C[C@H]2CNC[C@@H]2Cc2ccccc2)CC(F)(F)F)ccc1OC.Cl. The van der Waals surface area contributed by atoms with Gasteiger partial charge in [-0.3, -0.25) is 4.79 Å². The molecule has 1 aliphatic heterocycles. The maximum Gasteiger partial charge on any atom is 0.406 e. The Balaban J connectivity index is 0.00000456. The van der Waals surface area contributed by atoms with Gasteiger partial charge in [0.2, 0.25) is 0 Å². The van der Waals surface area contributed by atoms with Gasteiger partial charge in [-0.1, -0.05) is 30.3 Å². The summed E-state index contributed by atoms with van der Waals surface area (Å²) < 4.78 is 56.4. The van der Waals surface area contributed by atoms with Crippen LogP contribution < -0.4 is 14.8 Å². The van der Waals surface area contributed by atoms with E-state index in [1.165, 1.54) is 19.2 Å². The number of nitrogens with one attached hydrogen (secondary N) is 1. The smallest absolute Gasteiger partial charge is 0.406 e. The maximum atomic E-state index is 13.5. The normalized spacial score (nSPS) is 17.4. The third kappa shape index (κ3) is 8.87. The molecule has 2 aromatic carbocycles. The van der Waals surface area contributed by atoms with E-state index in [0.717, 1.165) is 16.9 Å². The second kappa shape index (κ2) is 14.3. The molecular formula is C26H34ClF3N2O4. The van der Waals surface area contributed by atoms with E-state index in [-0.39, 0.29) is 36.4 Å². The minimum atomic E-state index is -4.51. The molecule has 200 valence electrons. The number of hydrogen-bond donors (Lipinski definition) is 1. The van der Waals surface area contributed by atoms with Gasteiger partial charge in [0.1, 0.15) is 6.54 Å². The summed E-state index contributed by atoms with van der Waals surface area (Å²) in [5, 5.41) is 3.28. The van der Waals surface area contributed by atoms with E-state index in [1.807, 2.05) is 30.3 Å². The van der Waals surface area contributed by atoms with Crippen molar-refractivity contribution in [1.29, 1.82) is 0 Å².